The average Bonchev–Trinajstić information content (AvgIpc) is 3.41. The molecule has 0 aliphatic heterocycles. The molecule has 1 aliphatic carbocycles. The van der Waals surface area contributed by atoms with Gasteiger partial charge < -0.3 is 5.32 Å². The molecule has 1 saturated carbocycles. The molecule has 1 N–H and O–H groups in total. The Labute approximate surface area is 168 Å². The van der Waals surface area contributed by atoms with E-state index in [1.165, 1.54) is 16.9 Å². The SMILES string of the molecule is CCN(CCNC(=O)c1cnn(-c2cccc(C(F)(F)F)c2)c1C1CC1)C(C)C. The van der Waals surface area contributed by atoms with Gasteiger partial charge in [0.2, 0.25) is 0 Å². The van der Waals surface area contributed by atoms with E-state index in [0.717, 1.165) is 38.1 Å². The molecule has 1 heterocycles. The van der Waals surface area contributed by atoms with Crippen LogP contribution in [0.25, 0.3) is 5.69 Å². The number of halogens is 3. The highest BCUT2D eigenvalue weighted by atomic mass is 19.4. The van der Waals surface area contributed by atoms with Crippen LogP contribution in [0.5, 0.6) is 0 Å². The molecule has 1 aromatic carbocycles. The highest BCUT2D eigenvalue weighted by Crippen LogP contribution is 2.42. The van der Waals surface area contributed by atoms with Crippen molar-refractivity contribution in [2.75, 3.05) is 19.6 Å². The maximum absolute atomic E-state index is 13.1. The summed E-state index contributed by atoms with van der Waals surface area (Å²) in [6, 6.07) is 5.44. The first-order valence-corrected chi connectivity index (χ1v) is 10.00. The average molecular weight is 408 g/mol. The number of nitrogens with zero attached hydrogens (tertiary/aromatic N) is 3. The predicted molar refractivity (Wildman–Crippen MR) is 105 cm³/mol. The summed E-state index contributed by atoms with van der Waals surface area (Å²) in [5.74, 6) is -0.0828. The largest absolute Gasteiger partial charge is 0.416 e. The second-order valence-corrected chi connectivity index (χ2v) is 7.66. The van der Waals surface area contributed by atoms with E-state index in [9.17, 15) is 18.0 Å². The molecule has 1 aromatic heterocycles. The molecule has 0 radical (unpaired) electrons. The Morgan fingerprint density at radius 2 is 2.07 bits per heavy atom. The molecule has 0 saturated heterocycles. The summed E-state index contributed by atoms with van der Waals surface area (Å²) in [7, 11) is 0. The van der Waals surface area contributed by atoms with Gasteiger partial charge in [0.15, 0.2) is 0 Å². The van der Waals surface area contributed by atoms with E-state index in [1.807, 2.05) is 0 Å². The number of rotatable bonds is 8. The highest BCUT2D eigenvalue weighted by molar-refractivity contribution is 5.95. The van der Waals surface area contributed by atoms with Crippen LogP contribution in [0.15, 0.2) is 30.5 Å². The molecule has 8 heteroatoms. The van der Waals surface area contributed by atoms with Gasteiger partial charge in [0.25, 0.3) is 5.91 Å². The predicted octanol–water partition coefficient (Wildman–Crippen LogP) is 4.23. The molecule has 0 spiro atoms. The maximum atomic E-state index is 13.1. The van der Waals surface area contributed by atoms with Crippen LogP contribution in [0, 0.1) is 0 Å². The summed E-state index contributed by atoms with van der Waals surface area (Å²) in [5, 5.41) is 7.19. The van der Waals surface area contributed by atoms with Gasteiger partial charge in [-0.1, -0.05) is 13.0 Å². The molecular formula is C21H27F3N4O. The fourth-order valence-corrected chi connectivity index (χ4v) is 3.49. The fraction of sp³-hybridized carbons (Fsp3) is 0.524. The minimum absolute atomic E-state index is 0.149. The zero-order chi connectivity index (χ0) is 21.2. The van der Waals surface area contributed by atoms with Crippen molar-refractivity contribution in [1.29, 1.82) is 0 Å². The van der Waals surface area contributed by atoms with Crippen LogP contribution >= 0.6 is 0 Å². The quantitative estimate of drug-likeness (QED) is 0.711. The third-order valence-electron chi connectivity index (χ3n) is 5.25. The number of aromatic nitrogens is 2. The number of likely N-dealkylation sites (N-methyl/N-ethyl adjacent to an activating group) is 1. The van der Waals surface area contributed by atoms with Gasteiger partial charge >= 0.3 is 6.18 Å². The van der Waals surface area contributed by atoms with Gasteiger partial charge in [-0.25, -0.2) is 4.68 Å². The molecule has 2 aromatic rings. The van der Waals surface area contributed by atoms with E-state index in [-0.39, 0.29) is 11.8 Å². The van der Waals surface area contributed by atoms with E-state index in [2.05, 4.69) is 36.1 Å². The minimum Gasteiger partial charge on any atom is -0.351 e. The lowest BCUT2D eigenvalue weighted by molar-refractivity contribution is -0.137. The molecule has 1 aliphatic rings. The number of alkyl halides is 3. The lowest BCUT2D eigenvalue weighted by Crippen LogP contribution is -2.38. The molecule has 158 valence electrons. The summed E-state index contributed by atoms with van der Waals surface area (Å²) < 4.78 is 40.7. The van der Waals surface area contributed by atoms with Crippen LogP contribution in [0.1, 0.15) is 61.1 Å². The van der Waals surface area contributed by atoms with Crippen molar-refractivity contribution in [1.82, 2.24) is 20.0 Å². The van der Waals surface area contributed by atoms with E-state index in [0.29, 0.717) is 29.5 Å². The summed E-state index contributed by atoms with van der Waals surface area (Å²) in [5.41, 5.74) is 0.722. The van der Waals surface area contributed by atoms with Gasteiger partial charge in [-0.2, -0.15) is 18.3 Å². The third-order valence-corrected chi connectivity index (χ3v) is 5.25. The number of carbonyl (C=O) groups is 1. The Morgan fingerprint density at radius 1 is 1.34 bits per heavy atom. The Balaban J connectivity index is 1.80. The fourth-order valence-electron chi connectivity index (χ4n) is 3.49. The molecule has 0 unspecified atom stereocenters. The molecule has 3 rings (SSSR count). The zero-order valence-corrected chi connectivity index (χ0v) is 17.0. The second-order valence-electron chi connectivity index (χ2n) is 7.66. The van der Waals surface area contributed by atoms with Crippen LogP contribution in [0.3, 0.4) is 0 Å². The van der Waals surface area contributed by atoms with E-state index in [1.54, 1.807) is 6.07 Å². The number of nitrogens with one attached hydrogen (secondary N) is 1. The molecular weight excluding hydrogens is 381 g/mol. The van der Waals surface area contributed by atoms with E-state index in [4.69, 9.17) is 0 Å². The molecule has 1 amide bonds. The first-order chi connectivity index (χ1) is 13.7. The van der Waals surface area contributed by atoms with Crippen LogP contribution in [-0.2, 0) is 6.18 Å². The summed E-state index contributed by atoms with van der Waals surface area (Å²) >= 11 is 0. The normalized spacial score (nSPS) is 14.6. The maximum Gasteiger partial charge on any atom is 0.416 e. The standard InChI is InChI=1S/C21H27F3N4O/c1-4-27(14(2)3)11-10-25-20(29)18-13-26-28(19(18)15-8-9-15)17-7-5-6-16(12-17)21(22,23)24/h5-7,12-15H,4,8-11H2,1-3H3,(H,25,29). The highest BCUT2D eigenvalue weighted by Gasteiger charge is 2.34. The number of carbonyl (C=O) groups excluding carboxylic acids is 1. The number of amides is 1. The number of hydrogen-bond donors (Lipinski definition) is 1. The van der Waals surface area contributed by atoms with E-state index < -0.39 is 11.7 Å². The Morgan fingerprint density at radius 3 is 2.66 bits per heavy atom. The topological polar surface area (TPSA) is 50.2 Å². The summed E-state index contributed by atoms with van der Waals surface area (Å²) in [4.78, 5) is 15.0. The van der Waals surface area contributed by atoms with Crippen molar-refractivity contribution in [3.63, 3.8) is 0 Å². The van der Waals surface area contributed by atoms with Crippen molar-refractivity contribution in [3.8, 4) is 5.69 Å². The van der Waals surface area contributed by atoms with Gasteiger partial charge in [0.1, 0.15) is 0 Å². The second kappa shape index (κ2) is 8.57. The van der Waals surface area contributed by atoms with Gasteiger partial charge in [0, 0.05) is 25.0 Å². The van der Waals surface area contributed by atoms with Gasteiger partial charge in [0.05, 0.1) is 28.7 Å². The molecule has 0 atom stereocenters. The van der Waals surface area contributed by atoms with E-state index >= 15 is 0 Å². The van der Waals surface area contributed by atoms with Crippen molar-refractivity contribution < 1.29 is 18.0 Å². The first kappa shape index (κ1) is 21.4. The minimum atomic E-state index is -4.43. The molecule has 0 bridgehead atoms. The third kappa shape index (κ3) is 4.98. The number of hydrogen-bond acceptors (Lipinski definition) is 3. The smallest absolute Gasteiger partial charge is 0.351 e. The Kier molecular flexibility index (Phi) is 6.31. The molecule has 29 heavy (non-hydrogen) atoms. The lowest BCUT2D eigenvalue weighted by atomic mass is 10.1. The van der Waals surface area contributed by atoms with Crippen LogP contribution in [-0.4, -0.2) is 46.3 Å². The molecule has 1 fully saturated rings. The Hall–Kier alpha value is -2.35. The van der Waals surface area contributed by atoms with Crippen molar-refractivity contribution in [3.05, 3.63) is 47.3 Å². The number of benzene rings is 1. The van der Waals surface area contributed by atoms with Gasteiger partial charge in [-0.3, -0.25) is 9.69 Å². The van der Waals surface area contributed by atoms with Crippen LogP contribution in [0.4, 0.5) is 13.2 Å². The monoisotopic (exact) mass is 408 g/mol. The van der Waals surface area contributed by atoms with Crippen molar-refractivity contribution in [2.45, 2.75) is 51.7 Å². The Bertz CT molecular complexity index is 856. The van der Waals surface area contributed by atoms with Gasteiger partial charge in [-0.05, 0) is 51.4 Å². The summed E-state index contributed by atoms with van der Waals surface area (Å²) in [6.45, 7) is 8.43. The lowest BCUT2D eigenvalue weighted by Gasteiger charge is -2.24. The molecule has 5 nitrogen and oxygen atoms in total. The van der Waals surface area contributed by atoms with Crippen molar-refractivity contribution >= 4 is 5.91 Å². The van der Waals surface area contributed by atoms with Crippen LogP contribution in [0.2, 0.25) is 0 Å². The van der Waals surface area contributed by atoms with Crippen molar-refractivity contribution in [2.24, 2.45) is 0 Å². The summed E-state index contributed by atoms with van der Waals surface area (Å²) in [6.07, 6.45) is -1.16. The first-order valence-electron chi connectivity index (χ1n) is 10.00. The van der Waals surface area contributed by atoms with Crippen LogP contribution < -0.4 is 5.32 Å². The van der Waals surface area contributed by atoms with Gasteiger partial charge in [-0.15, -0.1) is 0 Å². The zero-order valence-electron chi connectivity index (χ0n) is 17.0.